The first-order valence-electron chi connectivity index (χ1n) is 8.28. The number of hydrogen-bond acceptors (Lipinski definition) is 5. The zero-order valence-corrected chi connectivity index (χ0v) is 13.4. The smallest absolute Gasteiger partial charge is 0.146 e. The molecule has 1 aromatic carbocycles. The Morgan fingerprint density at radius 2 is 1.83 bits per heavy atom. The van der Waals surface area contributed by atoms with Crippen LogP contribution in [0.2, 0.25) is 0 Å². The van der Waals surface area contributed by atoms with Crippen molar-refractivity contribution in [2.24, 2.45) is 0 Å². The molecule has 0 amide bonds. The lowest BCUT2D eigenvalue weighted by Crippen LogP contribution is -2.44. The van der Waals surface area contributed by atoms with Gasteiger partial charge in [0.2, 0.25) is 0 Å². The van der Waals surface area contributed by atoms with Gasteiger partial charge in [-0.3, -0.25) is 0 Å². The second kappa shape index (κ2) is 7.57. The van der Waals surface area contributed by atoms with E-state index < -0.39 is 5.60 Å². The van der Waals surface area contributed by atoms with Crippen LogP contribution in [0.1, 0.15) is 18.4 Å². The Balaban J connectivity index is 1.53. The van der Waals surface area contributed by atoms with Gasteiger partial charge in [-0.25, -0.2) is 4.39 Å². The molecule has 0 bridgehead atoms. The summed E-state index contributed by atoms with van der Waals surface area (Å²) in [5, 5.41) is 13.6. The molecule has 23 heavy (non-hydrogen) atoms. The van der Waals surface area contributed by atoms with Gasteiger partial charge in [0.05, 0.1) is 24.5 Å². The summed E-state index contributed by atoms with van der Waals surface area (Å²) in [6.45, 7) is 4.98. The molecule has 1 aromatic rings. The van der Waals surface area contributed by atoms with Gasteiger partial charge < -0.3 is 24.8 Å². The Kier molecular flexibility index (Phi) is 5.48. The van der Waals surface area contributed by atoms with Crippen LogP contribution in [0, 0.1) is 5.82 Å². The lowest BCUT2D eigenvalue weighted by atomic mass is 9.94. The van der Waals surface area contributed by atoms with Gasteiger partial charge in [-0.2, -0.15) is 0 Å². The third-order valence-corrected chi connectivity index (χ3v) is 4.57. The maximum atomic E-state index is 14.3. The van der Waals surface area contributed by atoms with Crippen LogP contribution in [-0.2, 0) is 16.0 Å². The number of hydrogen-bond donors (Lipinski definition) is 2. The molecule has 0 aliphatic carbocycles. The molecule has 0 saturated carbocycles. The molecule has 0 atom stereocenters. The van der Waals surface area contributed by atoms with E-state index in [0.717, 1.165) is 18.7 Å². The lowest BCUT2D eigenvalue weighted by Gasteiger charge is -2.32. The van der Waals surface area contributed by atoms with E-state index in [-0.39, 0.29) is 5.82 Å². The van der Waals surface area contributed by atoms with E-state index in [1.807, 2.05) is 17.0 Å². The van der Waals surface area contributed by atoms with Crippen LogP contribution in [-0.4, -0.2) is 56.8 Å². The highest BCUT2D eigenvalue weighted by Gasteiger charge is 2.29. The van der Waals surface area contributed by atoms with Crippen LogP contribution in [0.3, 0.4) is 0 Å². The van der Waals surface area contributed by atoms with Gasteiger partial charge >= 0.3 is 0 Å². The molecule has 0 aromatic heterocycles. The molecular formula is C17H25FN2O3. The van der Waals surface area contributed by atoms with Crippen molar-refractivity contribution in [3.8, 4) is 0 Å². The third-order valence-electron chi connectivity index (χ3n) is 4.57. The first-order valence-corrected chi connectivity index (χ1v) is 8.28. The molecule has 2 aliphatic rings. The van der Waals surface area contributed by atoms with E-state index in [2.05, 4.69) is 5.32 Å². The average molecular weight is 324 g/mol. The summed E-state index contributed by atoms with van der Waals surface area (Å²) in [5.41, 5.74) is 0.820. The quantitative estimate of drug-likeness (QED) is 0.855. The summed E-state index contributed by atoms with van der Waals surface area (Å²) >= 11 is 0. The first kappa shape index (κ1) is 16.6. The fourth-order valence-electron chi connectivity index (χ4n) is 3.09. The van der Waals surface area contributed by atoms with Crippen molar-refractivity contribution in [3.63, 3.8) is 0 Å². The number of morpholine rings is 1. The Hall–Kier alpha value is -1.21. The van der Waals surface area contributed by atoms with E-state index in [4.69, 9.17) is 9.47 Å². The first-order chi connectivity index (χ1) is 11.2. The van der Waals surface area contributed by atoms with Crippen molar-refractivity contribution in [2.75, 3.05) is 51.0 Å². The predicted octanol–water partition coefficient (Wildman–Crippen LogP) is 1.29. The van der Waals surface area contributed by atoms with Gasteiger partial charge in [0.15, 0.2) is 0 Å². The average Bonchev–Trinajstić information content (AvgIpc) is 2.56. The molecule has 2 fully saturated rings. The van der Waals surface area contributed by atoms with E-state index >= 15 is 0 Å². The fraction of sp³-hybridized carbons (Fsp3) is 0.647. The van der Waals surface area contributed by atoms with Crippen LogP contribution in [0.4, 0.5) is 10.1 Å². The van der Waals surface area contributed by atoms with Gasteiger partial charge in [0.25, 0.3) is 0 Å². The zero-order valence-electron chi connectivity index (χ0n) is 13.4. The minimum atomic E-state index is -0.704. The molecule has 0 unspecified atom stereocenters. The van der Waals surface area contributed by atoms with E-state index in [1.165, 1.54) is 0 Å². The van der Waals surface area contributed by atoms with Crippen molar-refractivity contribution in [1.82, 2.24) is 5.32 Å². The second-order valence-corrected chi connectivity index (χ2v) is 6.33. The fourth-order valence-corrected chi connectivity index (χ4v) is 3.09. The van der Waals surface area contributed by atoms with Crippen molar-refractivity contribution in [2.45, 2.75) is 25.0 Å². The molecule has 2 saturated heterocycles. The molecule has 2 N–H and O–H groups in total. The molecule has 2 aliphatic heterocycles. The monoisotopic (exact) mass is 324 g/mol. The number of halogens is 1. The number of aliphatic hydroxyl groups is 1. The van der Waals surface area contributed by atoms with Crippen molar-refractivity contribution >= 4 is 5.69 Å². The van der Waals surface area contributed by atoms with Crippen LogP contribution in [0.5, 0.6) is 0 Å². The highest BCUT2D eigenvalue weighted by atomic mass is 19.1. The highest BCUT2D eigenvalue weighted by molar-refractivity contribution is 5.49. The second-order valence-electron chi connectivity index (χ2n) is 6.33. The van der Waals surface area contributed by atoms with Gasteiger partial charge in [-0.15, -0.1) is 0 Å². The van der Waals surface area contributed by atoms with Crippen molar-refractivity contribution < 1.29 is 19.0 Å². The number of ether oxygens (including phenoxy) is 2. The minimum absolute atomic E-state index is 0.198. The summed E-state index contributed by atoms with van der Waals surface area (Å²) in [4.78, 5) is 2.01. The number of nitrogens with zero attached hydrogens (tertiary/aromatic N) is 1. The van der Waals surface area contributed by atoms with Crippen molar-refractivity contribution in [1.29, 1.82) is 0 Å². The Morgan fingerprint density at radius 1 is 1.13 bits per heavy atom. The summed E-state index contributed by atoms with van der Waals surface area (Å²) in [5.74, 6) is -0.198. The number of benzene rings is 1. The van der Waals surface area contributed by atoms with Crippen LogP contribution in [0.15, 0.2) is 18.2 Å². The van der Waals surface area contributed by atoms with Crippen LogP contribution < -0.4 is 10.2 Å². The van der Waals surface area contributed by atoms with E-state index in [1.54, 1.807) is 6.07 Å². The van der Waals surface area contributed by atoms with Crippen LogP contribution >= 0.6 is 0 Å². The van der Waals surface area contributed by atoms with Crippen LogP contribution in [0.25, 0.3) is 0 Å². The lowest BCUT2D eigenvalue weighted by molar-refractivity contribution is -0.0617. The molecule has 0 spiro atoms. The minimum Gasteiger partial charge on any atom is -0.388 e. The Bertz CT molecular complexity index is 515. The molecule has 3 rings (SSSR count). The molecule has 6 heteroatoms. The van der Waals surface area contributed by atoms with E-state index in [9.17, 15) is 9.50 Å². The Morgan fingerprint density at radius 3 is 2.52 bits per heavy atom. The summed E-state index contributed by atoms with van der Waals surface area (Å²) in [6, 6.07) is 5.35. The normalized spacial score (nSPS) is 21.4. The Labute approximate surface area is 136 Å². The standard InChI is InChI=1S/C17H25FN2O3/c18-15-11-14(1-2-16(15)20-5-9-23-10-6-20)12-19-13-17(21)3-7-22-8-4-17/h1-2,11,19,21H,3-10,12-13H2. The van der Waals surface area contributed by atoms with Gasteiger partial charge in [0.1, 0.15) is 5.82 Å². The summed E-state index contributed by atoms with van der Waals surface area (Å²) in [7, 11) is 0. The highest BCUT2D eigenvalue weighted by Crippen LogP contribution is 2.22. The largest absolute Gasteiger partial charge is 0.388 e. The SMILES string of the molecule is OC1(CNCc2ccc(N3CCOCC3)c(F)c2)CCOCC1. The number of nitrogens with one attached hydrogen (secondary N) is 1. The van der Waals surface area contributed by atoms with Gasteiger partial charge in [0, 0.05) is 52.2 Å². The summed E-state index contributed by atoms with van der Waals surface area (Å²) in [6.07, 6.45) is 1.29. The molecular weight excluding hydrogens is 299 g/mol. The number of rotatable bonds is 5. The summed E-state index contributed by atoms with van der Waals surface area (Å²) < 4.78 is 24.9. The van der Waals surface area contributed by atoms with Gasteiger partial charge in [-0.05, 0) is 17.7 Å². The third kappa shape index (κ3) is 4.41. The zero-order chi connectivity index (χ0) is 16.1. The van der Waals surface area contributed by atoms with Crippen molar-refractivity contribution in [3.05, 3.63) is 29.6 Å². The molecule has 128 valence electrons. The topological polar surface area (TPSA) is 54.0 Å². The predicted molar refractivity (Wildman–Crippen MR) is 86.1 cm³/mol. The molecule has 0 radical (unpaired) electrons. The number of anilines is 1. The van der Waals surface area contributed by atoms with E-state index in [0.29, 0.717) is 58.0 Å². The molecule has 5 nitrogen and oxygen atoms in total. The maximum Gasteiger partial charge on any atom is 0.146 e. The maximum absolute atomic E-state index is 14.3. The molecule has 2 heterocycles. The van der Waals surface area contributed by atoms with Gasteiger partial charge in [-0.1, -0.05) is 6.07 Å².